The molecule has 56 heavy (non-hydrogen) atoms. The van der Waals surface area contributed by atoms with E-state index in [4.69, 9.17) is 0 Å². The lowest BCUT2D eigenvalue weighted by Crippen LogP contribution is -2.22. The van der Waals surface area contributed by atoms with Crippen LogP contribution in [0.1, 0.15) is 60.1 Å². The molecule has 1 aromatic heterocycles. The maximum atomic E-state index is 15.6. The third-order valence-electron chi connectivity index (χ3n) is 11.0. The van der Waals surface area contributed by atoms with Crippen molar-refractivity contribution >= 4 is 11.0 Å². The highest BCUT2D eigenvalue weighted by Crippen LogP contribution is 2.36. The fraction of sp³-hybridized carbons (Fsp3) is 0.189. The van der Waals surface area contributed by atoms with Gasteiger partial charge in [-0.1, -0.05) is 146 Å². The zero-order chi connectivity index (χ0) is 38.9. The van der Waals surface area contributed by atoms with E-state index in [0.717, 1.165) is 92.6 Å². The number of aryl methyl sites for hydroxylation is 6. The van der Waals surface area contributed by atoms with Crippen molar-refractivity contribution < 1.29 is 0 Å². The molecule has 0 aliphatic rings. The summed E-state index contributed by atoms with van der Waals surface area (Å²) in [6, 6.07) is 52.5. The zero-order valence-corrected chi connectivity index (χ0v) is 33.5. The first-order valence-electron chi connectivity index (χ1n) is 20.1. The molecule has 0 bridgehead atoms. The molecule has 0 fully saturated rings. The van der Waals surface area contributed by atoms with E-state index < -0.39 is 0 Å². The maximum Gasteiger partial charge on any atom is 0.338 e. The molecule has 7 aromatic carbocycles. The van der Waals surface area contributed by atoms with E-state index in [9.17, 15) is 0 Å². The number of hydrogen-bond acceptors (Lipinski definition) is 1. The van der Waals surface area contributed by atoms with Crippen LogP contribution in [0, 0.1) is 27.7 Å². The molecule has 0 spiro atoms. The maximum absolute atomic E-state index is 15.6. The summed E-state index contributed by atoms with van der Waals surface area (Å²) in [5.41, 5.74) is 19.7. The van der Waals surface area contributed by atoms with Crippen molar-refractivity contribution in [3.05, 3.63) is 189 Å². The number of aromatic nitrogens is 2. The van der Waals surface area contributed by atoms with Crippen molar-refractivity contribution in [1.82, 2.24) is 9.13 Å². The number of nitrogens with zero attached hydrogens (tertiary/aromatic N) is 2. The molecule has 1 heterocycles. The summed E-state index contributed by atoms with van der Waals surface area (Å²) >= 11 is 0. The van der Waals surface area contributed by atoms with E-state index in [1.807, 2.05) is 9.13 Å². The van der Waals surface area contributed by atoms with E-state index >= 15 is 4.79 Å². The third-order valence-corrected chi connectivity index (χ3v) is 11.0. The Hall–Kier alpha value is -6.19. The highest BCUT2D eigenvalue weighted by molar-refractivity contribution is 5.86. The van der Waals surface area contributed by atoms with E-state index in [0.29, 0.717) is 0 Å². The van der Waals surface area contributed by atoms with Gasteiger partial charge in [-0.3, -0.25) is 9.13 Å². The van der Waals surface area contributed by atoms with Crippen molar-refractivity contribution in [2.45, 2.75) is 67.2 Å². The van der Waals surface area contributed by atoms with E-state index in [1.54, 1.807) is 0 Å². The molecule has 0 aliphatic heterocycles. The van der Waals surface area contributed by atoms with Crippen LogP contribution >= 0.6 is 0 Å². The molecule has 0 radical (unpaired) electrons. The van der Waals surface area contributed by atoms with Crippen molar-refractivity contribution in [1.29, 1.82) is 0 Å². The van der Waals surface area contributed by atoms with Crippen LogP contribution in [0.5, 0.6) is 0 Å². The summed E-state index contributed by atoms with van der Waals surface area (Å²) in [5, 5.41) is 0. The van der Waals surface area contributed by atoms with Gasteiger partial charge in [-0.25, -0.2) is 4.79 Å². The molecule has 3 nitrogen and oxygen atoms in total. The lowest BCUT2D eigenvalue weighted by Gasteiger charge is -2.14. The Labute approximate surface area is 331 Å². The number of hydrogen-bond donors (Lipinski definition) is 0. The molecule has 3 heteroatoms. The standard InChI is InChI=1S/C53H50N2O/c1-7-13-39-33-51-52(34-40(39)14-8-2)55(50-31-47(43-21-11-17-37(5)25-43)28-48(32-50)44-22-12-18-38(6)26-44)53(56)54(51)49-29-45(41-19-9-15-35(3)23-41)27-46(30-49)42-20-10-16-36(4)24-42/h9-12,15-34H,7-8,13-14H2,1-6H3. The van der Waals surface area contributed by atoms with E-state index in [-0.39, 0.29) is 5.69 Å². The van der Waals surface area contributed by atoms with Crippen LogP contribution < -0.4 is 5.69 Å². The Morgan fingerprint density at radius 3 is 0.946 bits per heavy atom. The first-order valence-corrected chi connectivity index (χ1v) is 20.1. The third kappa shape index (κ3) is 7.30. The Balaban J connectivity index is 1.46. The molecule has 0 unspecified atom stereocenters. The predicted octanol–water partition coefficient (Wildman–Crippen LogP) is 13.6. The molecule has 278 valence electrons. The zero-order valence-electron chi connectivity index (χ0n) is 33.5. The molecule has 0 atom stereocenters. The van der Waals surface area contributed by atoms with E-state index in [2.05, 4.69) is 187 Å². The molecule has 0 saturated carbocycles. The van der Waals surface area contributed by atoms with Gasteiger partial charge in [0.05, 0.1) is 22.4 Å². The van der Waals surface area contributed by atoms with Gasteiger partial charge >= 0.3 is 5.69 Å². The molecule has 0 amide bonds. The first-order chi connectivity index (χ1) is 27.2. The molecular weight excluding hydrogens is 681 g/mol. The summed E-state index contributed by atoms with van der Waals surface area (Å²) in [6.45, 7) is 13.0. The SMILES string of the molecule is CCCc1cc2c(cc1CCC)n(-c1cc(-c3cccc(C)c3)cc(-c3cccc(C)c3)c1)c(=O)n2-c1cc(-c2cccc(C)c2)cc(-c2cccc(C)c2)c1. The predicted molar refractivity (Wildman–Crippen MR) is 238 cm³/mol. The Morgan fingerprint density at radius 2 is 0.679 bits per heavy atom. The summed E-state index contributed by atoms with van der Waals surface area (Å²) in [4.78, 5) is 15.6. The highest BCUT2D eigenvalue weighted by atomic mass is 16.1. The van der Waals surface area contributed by atoms with Gasteiger partial charge in [-0.2, -0.15) is 0 Å². The number of benzene rings is 7. The topological polar surface area (TPSA) is 26.9 Å². The highest BCUT2D eigenvalue weighted by Gasteiger charge is 2.21. The van der Waals surface area contributed by atoms with Crippen molar-refractivity contribution in [3.8, 4) is 55.9 Å². The number of rotatable bonds is 10. The van der Waals surface area contributed by atoms with Gasteiger partial charge in [0.2, 0.25) is 0 Å². The van der Waals surface area contributed by atoms with Crippen LogP contribution in [0.2, 0.25) is 0 Å². The average molecular weight is 731 g/mol. The smallest absolute Gasteiger partial charge is 0.260 e. The molecular formula is C53H50N2O. The summed E-state index contributed by atoms with van der Waals surface area (Å²) in [7, 11) is 0. The normalized spacial score (nSPS) is 11.4. The van der Waals surface area contributed by atoms with Crippen molar-refractivity contribution in [2.75, 3.05) is 0 Å². The van der Waals surface area contributed by atoms with E-state index in [1.165, 1.54) is 33.4 Å². The number of imidazole rings is 1. The molecule has 8 aromatic rings. The second-order valence-corrected chi connectivity index (χ2v) is 15.6. The van der Waals surface area contributed by atoms with Crippen LogP contribution in [0.4, 0.5) is 0 Å². The minimum Gasteiger partial charge on any atom is -0.260 e. The fourth-order valence-electron chi connectivity index (χ4n) is 8.28. The minimum atomic E-state index is -0.0794. The van der Waals surface area contributed by atoms with Gasteiger partial charge in [0, 0.05) is 0 Å². The first kappa shape index (κ1) is 36.8. The molecule has 8 rings (SSSR count). The number of fused-ring (bicyclic) bond motifs is 1. The summed E-state index contributed by atoms with van der Waals surface area (Å²) in [5.74, 6) is 0. The summed E-state index contributed by atoms with van der Waals surface area (Å²) < 4.78 is 3.93. The van der Waals surface area contributed by atoms with Gasteiger partial charge in [0.1, 0.15) is 0 Å². The fourth-order valence-corrected chi connectivity index (χ4v) is 8.28. The lowest BCUT2D eigenvalue weighted by molar-refractivity contribution is 0.862. The van der Waals surface area contributed by atoms with Crippen LogP contribution in [0.15, 0.2) is 150 Å². The summed E-state index contributed by atoms with van der Waals surface area (Å²) in [6.07, 6.45) is 3.99. The van der Waals surface area contributed by atoms with Gasteiger partial charge in [-0.15, -0.1) is 0 Å². The Bertz CT molecular complexity index is 2480. The van der Waals surface area contributed by atoms with Crippen LogP contribution in [-0.4, -0.2) is 9.13 Å². The van der Waals surface area contributed by atoms with Gasteiger partial charge in [0.15, 0.2) is 0 Å². The van der Waals surface area contributed by atoms with Crippen molar-refractivity contribution in [3.63, 3.8) is 0 Å². The lowest BCUT2D eigenvalue weighted by atomic mass is 9.96. The van der Waals surface area contributed by atoms with Crippen LogP contribution in [0.25, 0.3) is 66.9 Å². The van der Waals surface area contributed by atoms with Crippen molar-refractivity contribution in [2.24, 2.45) is 0 Å². The molecule has 0 aliphatic carbocycles. The Kier molecular flexibility index (Phi) is 10.2. The Morgan fingerprint density at radius 1 is 0.375 bits per heavy atom. The second kappa shape index (κ2) is 15.5. The van der Waals surface area contributed by atoms with Crippen LogP contribution in [-0.2, 0) is 12.8 Å². The van der Waals surface area contributed by atoms with Gasteiger partial charge in [0.25, 0.3) is 0 Å². The largest absolute Gasteiger partial charge is 0.338 e. The average Bonchev–Trinajstić information content (AvgIpc) is 3.48. The van der Waals surface area contributed by atoms with Gasteiger partial charge < -0.3 is 0 Å². The van der Waals surface area contributed by atoms with Crippen LogP contribution in [0.3, 0.4) is 0 Å². The quantitative estimate of drug-likeness (QED) is 0.138. The van der Waals surface area contributed by atoms with Gasteiger partial charge in [-0.05, 0) is 145 Å². The molecule has 0 N–H and O–H groups in total. The molecule has 0 saturated heterocycles. The second-order valence-electron chi connectivity index (χ2n) is 15.6. The minimum absolute atomic E-state index is 0.0794. The monoisotopic (exact) mass is 730 g/mol.